The Morgan fingerprint density at radius 1 is 1.35 bits per heavy atom. The first-order valence-electron chi connectivity index (χ1n) is 7.21. The fourth-order valence-corrected chi connectivity index (χ4v) is 2.41. The molecule has 0 aromatic carbocycles. The molecule has 2 heterocycles. The molecule has 0 amide bonds. The highest BCUT2D eigenvalue weighted by atomic mass is 16.5. The smallest absolute Gasteiger partial charge is 0.158 e. The van der Waals surface area contributed by atoms with Gasteiger partial charge in [0.2, 0.25) is 0 Å². The van der Waals surface area contributed by atoms with Gasteiger partial charge in [0.25, 0.3) is 0 Å². The fraction of sp³-hybridized carbons (Fsp3) is 0.714. The molecule has 20 heavy (non-hydrogen) atoms. The van der Waals surface area contributed by atoms with Crippen molar-refractivity contribution in [3.63, 3.8) is 0 Å². The van der Waals surface area contributed by atoms with E-state index in [-0.39, 0.29) is 0 Å². The van der Waals surface area contributed by atoms with Crippen molar-refractivity contribution >= 4 is 11.6 Å². The van der Waals surface area contributed by atoms with E-state index in [1.54, 1.807) is 7.11 Å². The number of methoxy groups -OCH3 is 1. The molecular formula is C14H25N5O. The zero-order valence-corrected chi connectivity index (χ0v) is 12.7. The van der Waals surface area contributed by atoms with E-state index in [4.69, 9.17) is 4.74 Å². The van der Waals surface area contributed by atoms with E-state index in [0.29, 0.717) is 12.4 Å². The average molecular weight is 279 g/mol. The molecule has 0 aliphatic carbocycles. The number of anilines is 2. The predicted octanol–water partition coefficient (Wildman–Crippen LogP) is 1.20. The molecule has 1 aromatic rings. The van der Waals surface area contributed by atoms with Crippen LogP contribution in [0.25, 0.3) is 0 Å². The first-order valence-corrected chi connectivity index (χ1v) is 7.21. The van der Waals surface area contributed by atoms with Gasteiger partial charge in [-0.15, -0.1) is 0 Å². The van der Waals surface area contributed by atoms with E-state index >= 15 is 0 Å². The quantitative estimate of drug-likeness (QED) is 0.809. The molecule has 6 nitrogen and oxygen atoms in total. The summed E-state index contributed by atoms with van der Waals surface area (Å²) in [5.74, 6) is 2.48. The number of aromatic nitrogens is 2. The summed E-state index contributed by atoms with van der Waals surface area (Å²) in [5, 5.41) is 3.07. The molecule has 1 aliphatic rings. The van der Waals surface area contributed by atoms with Crippen LogP contribution in [0, 0.1) is 0 Å². The summed E-state index contributed by atoms with van der Waals surface area (Å²) in [4.78, 5) is 13.6. The highest BCUT2D eigenvalue weighted by Gasteiger charge is 2.13. The Hall–Kier alpha value is -1.40. The van der Waals surface area contributed by atoms with Gasteiger partial charge in [-0.05, 0) is 25.9 Å². The van der Waals surface area contributed by atoms with Crippen molar-refractivity contribution in [2.24, 2.45) is 0 Å². The van der Waals surface area contributed by atoms with Crippen LogP contribution in [0.4, 0.5) is 11.6 Å². The summed E-state index contributed by atoms with van der Waals surface area (Å²) in [6.45, 7) is 4.96. The molecule has 0 radical (unpaired) electrons. The second kappa shape index (κ2) is 7.40. The van der Waals surface area contributed by atoms with E-state index in [1.165, 1.54) is 25.9 Å². The molecule has 112 valence electrons. The Morgan fingerprint density at radius 3 is 2.75 bits per heavy atom. The maximum atomic E-state index is 5.12. The van der Waals surface area contributed by atoms with Crippen LogP contribution in [0.15, 0.2) is 6.07 Å². The van der Waals surface area contributed by atoms with Gasteiger partial charge >= 0.3 is 0 Å². The van der Waals surface area contributed by atoms with E-state index in [9.17, 15) is 0 Å². The van der Waals surface area contributed by atoms with Crippen molar-refractivity contribution in [2.45, 2.75) is 19.4 Å². The SMILES string of the molecule is CNc1cc(N(C)CCN2CCCC2)nc(COC)n1. The third-order valence-corrected chi connectivity index (χ3v) is 3.63. The van der Waals surface area contributed by atoms with Crippen LogP contribution >= 0.6 is 0 Å². The van der Waals surface area contributed by atoms with Crippen LogP contribution in [0.1, 0.15) is 18.7 Å². The summed E-state index contributed by atoms with van der Waals surface area (Å²) >= 11 is 0. The highest BCUT2D eigenvalue weighted by molar-refractivity contribution is 5.48. The second-order valence-electron chi connectivity index (χ2n) is 5.18. The minimum absolute atomic E-state index is 0.433. The van der Waals surface area contributed by atoms with E-state index in [1.807, 2.05) is 13.1 Å². The summed E-state index contributed by atoms with van der Waals surface area (Å²) in [6, 6.07) is 1.98. The van der Waals surface area contributed by atoms with Crippen molar-refractivity contribution in [1.82, 2.24) is 14.9 Å². The van der Waals surface area contributed by atoms with Crippen LogP contribution in [0.3, 0.4) is 0 Å². The Kier molecular flexibility index (Phi) is 5.55. The van der Waals surface area contributed by atoms with Crippen molar-refractivity contribution < 1.29 is 4.74 Å². The summed E-state index contributed by atoms with van der Waals surface area (Å²) in [6.07, 6.45) is 2.66. The molecule has 0 atom stereocenters. The Bertz CT molecular complexity index is 420. The highest BCUT2D eigenvalue weighted by Crippen LogP contribution is 2.15. The Morgan fingerprint density at radius 2 is 2.10 bits per heavy atom. The summed E-state index contributed by atoms with van der Waals surface area (Å²) < 4.78 is 5.12. The zero-order valence-electron chi connectivity index (χ0n) is 12.7. The number of likely N-dealkylation sites (tertiary alicyclic amines) is 1. The number of ether oxygens (including phenoxy) is 1. The van der Waals surface area contributed by atoms with Gasteiger partial charge < -0.3 is 19.9 Å². The van der Waals surface area contributed by atoms with E-state index in [2.05, 4.69) is 32.1 Å². The number of likely N-dealkylation sites (N-methyl/N-ethyl adjacent to an activating group) is 1. The normalized spacial score (nSPS) is 15.6. The molecule has 0 unspecified atom stereocenters. The molecule has 1 saturated heterocycles. The monoisotopic (exact) mass is 279 g/mol. The molecule has 1 aliphatic heterocycles. The number of hydrogen-bond donors (Lipinski definition) is 1. The van der Waals surface area contributed by atoms with Crippen molar-refractivity contribution in [3.8, 4) is 0 Å². The molecule has 1 fully saturated rings. The maximum absolute atomic E-state index is 5.12. The second-order valence-corrected chi connectivity index (χ2v) is 5.18. The van der Waals surface area contributed by atoms with Crippen LogP contribution < -0.4 is 10.2 Å². The van der Waals surface area contributed by atoms with Crippen LogP contribution in [-0.2, 0) is 11.3 Å². The first-order chi connectivity index (χ1) is 9.72. The molecule has 2 rings (SSSR count). The van der Waals surface area contributed by atoms with Crippen LogP contribution in [0.5, 0.6) is 0 Å². The minimum atomic E-state index is 0.433. The average Bonchev–Trinajstić information content (AvgIpc) is 2.98. The zero-order chi connectivity index (χ0) is 14.4. The summed E-state index contributed by atoms with van der Waals surface area (Å²) in [7, 11) is 5.60. The lowest BCUT2D eigenvalue weighted by molar-refractivity contribution is 0.178. The Balaban J connectivity index is 1.99. The van der Waals surface area contributed by atoms with Gasteiger partial charge in [0.15, 0.2) is 5.82 Å². The van der Waals surface area contributed by atoms with Gasteiger partial charge in [-0.2, -0.15) is 0 Å². The molecule has 0 spiro atoms. The van der Waals surface area contributed by atoms with Crippen LogP contribution in [0.2, 0.25) is 0 Å². The predicted molar refractivity (Wildman–Crippen MR) is 81.2 cm³/mol. The van der Waals surface area contributed by atoms with Gasteiger partial charge in [-0.3, -0.25) is 0 Å². The summed E-state index contributed by atoms with van der Waals surface area (Å²) in [5.41, 5.74) is 0. The van der Waals surface area contributed by atoms with E-state index < -0.39 is 0 Å². The Labute approximate surface area is 121 Å². The lowest BCUT2D eigenvalue weighted by Crippen LogP contribution is -2.32. The molecule has 1 N–H and O–H groups in total. The van der Waals surface area contributed by atoms with Gasteiger partial charge in [-0.1, -0.05) is 0 Å². The van der Waals surface area contributed by atoms with Gasteiger partial charge in [0.1, 0.15) is 18.2 Å². The topological polar surface area (TPSA) is 53.5 Å². The van der Waals surface area contributed by atoms with Gasteiger partial charge in [0, 0.05) is 40.4 Å². The van der Waals surface area contributed by atoms with Gasteiger partial charge in [0.05, 0.1) is 0 Å². The van der Waals surface area contributed by atoms with Crippen molar-refractivity contribution in [2.75, 3.05) is 57.6 Å². The molecule has 0 saturated carbocycles. The largest absolute Gasteiger partial charge is 0.377 e. The molecule has 1 aromatic heterocycles. The van der Waals surface area contributed by atoms with E-state index in [0.717, 1.165) is 24.7 Å². The maximum Gasteiger partial charge on any atom is 0.158 e. The van der Waals surface area contributed by atoms with Crippen LogP contribution in [-0.4, -0.2) is 62.3 Å². The lowest BCUT2D eigenvalue weighted by Gasteiger charge is -2.23. The number of nitrogens with zero attached hydrogens (tertiary/aromatic N) is 4. The first kappa shape index (κ1) is 15.0. The molecule has 6 heteroatoms. The standard InChI is InChI=1S/C14H25N5O/c1-15-12-10-14(17-13(16-12)11-20-3)18(2)8-9-19-6-4-5-7-19/h10H,4-9,11H2,1-3H3,(H,15,16,17). The van der Waals surface area contributed by atoms with Gasteiger partial charge in [-0.25, -0.2) is 9.97 Å². The third-order valence-electron chi connectivity index (χ3n) is 3.63. The molecular weight excluding hydrogens is 254 g/mol. The van der Waals surface area contributed by atoms with Crippen molar-refractivity contribution in [1.29, 1.82) is 0 Å². The van der Waals surface area contributed by atoms with Crippen molar-refractivity contribution in [3.05, 3.63) is 11.9 Å². The minimum Gasteiger partial charge on any atom is -0.377 e. The number of nitrogens with one attached hydrogen (secondary N) is 1. The lowest BCUT2D eigenvalue weighted by atomic mass is 10.4. The third kappa shape index (κ3) is 4.05. The number of hydrogen-bond acceptors (Lipinski definition) is 6. The molecule has 0 bridgehead atoms. The number of rotatable bonds is 7. The fourth-order valence-electron chi connectivity index (χ4n) is 2.41.